The number of benzene rings is 2. The van der Waals surface area contributed by atoms with Crippen LogP contribution in [0.25, 0.3) is 10.9 Å². The van der Waals surface area contributed by atoms with Crippen molar-refractivity contribution < 1.29 is 22.5 Å². The van der Waals surface area contributed by atoms with Crippen molar-refractivity contribution in [3.8, 4) is 0 Å². The predicted molar refractivity (Wildman–Crippen MR) is 130 cm³/mol. The number of hydrogen-bond acceptors (Lipinski definition) is 7. The van der Waals surface area contributed by atoms with Crippen LogP contribution in [-0.4, -0.2) is 72.7 Å². The van der Waals surface area contributed by atoms with Gasteiger partial charge in [-0.15, -0.1) is 0 Å². The van der Waals surface area contributed by atoms with E-state index < -0.39 is 20.9 Å². The van der Waals surface area contributed by atoms with E-state index >= 15 is 0 Å². The monoisotopic (exact) mass is 513 g/mol. The molecule has 0 aliphatic carbocycles. The van der Waals surface area contributed by atoms with E-state index in [1.165, 1.54) is 28.6 Å². The molecule has 2 fully saturated rings. The standard InChI is InChI=1S/C24H24FN5O5S/c25-18-1-6-21-22(15-18)26-9-7-23(21)27-11-13-28(14-12-27)24(31)17-8-10-29(16-17)36(34,35)20-4-2-19(3-5-20)30(32)33/h1-7,9,15,17H,8,10-14,16H2/t17-/m0/s1. The third-order valence-corrected chi connectivity index (χ3v) is 8.68. The predicted octanol–water partition coefficient (Wildman–Crippen LogP) is 2.64. The average molecular weight is 514 g/mol. The molecule has 5 rings (SSSR count). The van der Waals surface area contributed by atoms with Gasteiger partial charge in [-0.3, -0.25) is 19.9 Å². The smallest absolute Gasteiger partial charge is 0.269 e. The zero-order valence-corrected chi connectivity index (χ0v) is 20.1. The quantitative estimate of drug-likeness (QED) is 0.380. The number of hydrogen-bond donors (Lipinski definition) is 0. The highest BCUT2D eigenvalue weighted by Crippen LogP contribution is 2.29. The van der Waals surface area contributed by atoms with Crippen molar-refractivity contribution in [2.24, 2.45) is 5.92 Å². The van der Waals surface area contributed by atoms with Crippen LogP contribution in [-0.2, 0) is 14.8 Å². The average Bonchev–Trinajstić information content (AvgIpc) is 3.39. The Hall–Kier alpha value is -3.64. The summed E-state index contributed by atoms with van der Waals surface area (Å²) in [6.07, 6.45) is 2.07. The highest BCUT2D eigenvalue weighted by molar-refractivity contribution is 7.89. The van der Waals surface area contributed by atoms with Gasteiger partial charge in [-0.25, -0.2) is 12.8 Å². The Balaban J connectivity index is 1.22. The Morgan fingerprint density at radius 2 is 1.75 bits per heavy atom. The first kappa shape index (κ1) is 24.1. The first-order valence-electron chi connectivity index (χ1n) is 11.6. The number of amides is 1. The number of nitrogens with zero attached hydrogens (tertiary/aromatic N) is 5. The molecule has 188 valence electrons. The molecule has 3 heterocycles. The van der Waals surface area contributed by atoms with Gasteiger partial charge >= 0.3 is 0 Å². The van der Waals surface area contributed by atoms with Crippen molar-refractivity contribution >= 4 is 38.2 Å². The minimum Gasteiger partial charge on any atom is -0.367 e. The van der Waals surface area contributed by atoms with Gasteiger partial charge in [0.05, 0.1) is 21.3 Å². The van der Waals surface area contributed by atoms with Crippen LogP contribution in [0, 0.1) is 21.8 Å². The summed E-state index contributed by atoms with van der Waals surface area (Å²) >= 11 is 0. The van der Waals surface area contributed by atoms with Crippen molar-refractivity contribution in [3.63, 3.8) is 0 Å². The second kappa shape index (κ2) is 9.43. The first-order valence-corrected chi connectivity index (χ1v) is 13.0. The van der Waals surface area contributed by atoms with E-state index in [0.29, 0.717) is 38.1 Å². The highest BCUT2D eigenvalue weighted by atomic mass is 32.2. The van der Waals surface area contributed by atoms with Crippen molar-refractivity contribution in [3.05, 3.63) is 70.7 Å². The topological polar surface area (TPSA) is 117 Å². The SMILES string of the molecule is O=C([C@H]1CCN(S(=O)(=O)c2ccc([N+](=O)[O-])cc2)C1)N1CCN(c2ccnc3cc(F)ccc23)CC1. The molecule has 2 aliphatic heterocycles. The fourth-order valence-corrected chi connectivity index (χ4v) is 6.34. The maximum Gasteiger partial charge on any atom is 0.269 e. The van der Waals surface area contributed by atoms with Crippen LogP contribution in [0.5, 0.6) is 0 Å². The molecular weight excluding hydrogens is 489 g/mol. The number of nitro benzene ring substituents is 1. The van der Waals surface area contributed by atoms with E-state index in [2.05, 4.69) is 9.88 Å². The van der Waals surface area contributed by atoms with E-state index in [0.717, 1.165) is 23.2 Å². The number of carbonyl (C=O) groups excluding carboxylic acids is 1. The molecule has 0 spiro atoms. The normalized spacial score (nSPS) is 19.1. The van der Waals surface area contributed by atoms with Crippen molar-refractivity contribution in [1.82, 2.24) is 14.2 Å². The van der Waals surface area contributed by atoms with Gasteiger partial charge in [0.15, 0.2) is 0 Å². The van der Waals surface area contributed by atoms with E-state index in [1.807, 2.05) is 6.07 Å². The summed E-state index contributed by atoms with van der Waals surface area (Å²) in [7, 11) is -3.85. The lowest BCUT2D eigenvalue weighted by Crippen LogP contribution is -2.50. The second-order valence-corrected chi connectivity index (χ2v) is 10.8. The second-order valence-electron chi connectivity index (χ2n) is 8.90. The highest BCUT2D eigenvalue weighted by Gasteiger charge is 2.38. The molecule has 2 aromatic carbocycles. The number of fused-ring (bicyclic) bond motifs is 1. The number of non-ortho nitro benzene ring substituents is 1. The molecule has 2 saturated heterocycles. The third kappa shape index (κ3) is 4.49. The number of nitro groups is 1. The van der Waals surface area contributed by atoms with Gasteiger partial charge in [-0.1, -0.05) is 0 Å². The molecule has 0 bridgehead atoms. The summed E-state index contributed by atoms with van der Waals surface area (Å²) < 4.78 is 40.8. The third-order valence-electron chi connectivity index (χ3n) is 6.80. The van der Waals surface area contributed by atoms with Crippen molar-refractivity contribution in [2.45, 2.75) is 11.3 Å². The Morgan fingerprint density at radius 3 is 2.44 bits per heavy atom. The molecule has 3 aromatic rings. The molecule has 10 nitrogen and oxygen atoms in total. The van der Waals surface area contributed by atoms with Crippen LogP contribution in [0.15, 0.2) is 59.6 Å². The van der Waals surface area contributed by atoms with E-state index in [1.54, 1.807) is 17.2 Å². The molecule has 0 unspecified atom stereocenters. The number of rotatable bonds is 5. The number of halogens is 1. The van der Waals surface area contributed by atoms with Gasteiger partial charge in [-0.05, 0) is 36.8 Å². The zero-order chi connectivity index (χ0) is 25.4. The molecule has 1 aromatic heterocycles. The van der Waals surface area contributed by atoms with Crippen LogP contribution in [0.4, 0.5) is 15.8 Å². The van der Waals surface area contributed by atoms with Gasteiger partial charge in [0.1, 0.15) is 5.82 Å². The molecule has 1 atom stereocenters. The van der Waals surface area contributed by atoms with Crippen LogP contribution in [0.3, 0.4) is 0 Å². The lowest BCUT2D eigenvalue weighted by molar-refractivity contribution is -0.384. The first-order chi connectivity index (χ1) is 17.2. The summed E-state index contributed by atoms with van der Waals surface area (Å²) in [5.74, 6) is -0.851. The van der Waals surface area contributed by atoms with Gasteiger partial charge in [0.25, 0.3) is 5.69 Å². The summed E-state index contributed by atoms with van der Waals surface area (Å²) in [4.78, 5) is 31.6. The maximum absolute atomic E-state index is 13.6. The zero-order valence-electron chi connectivity index (χ0n) is 19.3. The molecule has 0 N–H and O–H groups in total. The molecule has 1 amide bonds. The molecule has 36 heavy (non-hydrogen) atoms. The summed E-state index contributed by atoms with van der Waals surface area (Å²) in [5.41, 5.74) is 1.33. The van der Waals surface area contributed by atoms with Crippen molar-refractivity contribution in [2.75, 3.05) is 44.2 Å². The lowest BCUT2D eigenvalue weighted by atomic mass is 10.1. The number of aromatic nitrogens is 1. The minimum absolute atomic E-state index is 0.0285. The maximum atomic E-state index is 13.6. The largest absolute Gasteiger partial charge is 0.367 e. The lowest BCUT2D eigenvalue weighted by Gasteiger charge is -2.37. The minimum atomic E-state index is -3.85. The Kier molecular flexibility index (Phi) is 6.31. The fraction of sp³-hybridized carbons (Fsp3) is 0.333. The molecule has 0 saturated carbocycles. The summed E-state index contributed by atoms with van der Waals surface area (Å²) in [6.45, 7) is 2.48. The number of pyridine rings is 1. The van der Waals surface area contributed by atoms with Crippen LogP contribution < -0.4 is 4.90 Å². The Morgan fingerprint density at radius 1 is 1.03 bits per heavy atom. The molecular formula is C24H24FN5O5S. The molecule has 2 aliphatic rings. The Labute approximate surface area is 207 Å². The summed E-state index contributed by atoms with van der Waals surface area (Å²) in [5, 5.41) is 11.7. The number of sulfonamides is 1. The number of piperazine rings is 1. The van der Waals surface area contributed by atoms with Crippen LogP contribution in [0.2, 0.25) is 0 Å². The van der Waals surface area contributed by atoms with Gasteiger partial charge < -0.3 is 9.80 Å². The van der Waals surface area contributed by atoms with Crippen molar-refractivity contribution in [1.29, 1.82) is 0 Å². The van der Waals surface area contributed by atoms with E-state index in [4.69, 9.17) is 0 Å². The van der Waals surface area contributed by atoms with Gasteiger partial charge in [0, 0.05) is 74.7 Å². The van der Waals surface area contributed by atoms with Crippen LogP contribution in [0.1, 0.15) is 6.42 Å². The van der Waals surface area contributed by atoms with Gasteiger partial charge in [-0.2, -0.15) is 4.31 Å². The molecule has 12 heteroatoms. The van der Waals surface area contributed by atoms with E-state index in [9.17, 15) is 27.7 Å². The number of carbonyl (C=O) groups is 1. The van der Waals surface area contributed by atoms with Crippen LogP contribution >= 0.6 is 0 Å². The van der Waals surface area contributed by atoms with E-state index in [-0.39, 0.29) is 35.4 Å². The fourth-order valence-electron chi connectivity index (χ4n) is 4.84. The Bertz CT molecular complexity index is 1420. The molecule has 0 radical (unpaired) electrons. The van der Waals surface area contributed by atoms with Gasteiger partial charge in [0.2, 0.25) is 15.9 Å². The summed E-state index contributed by atoms with van der Waals surface area (Å²) in [6, 6.07) is 11.2. The number of anilines is 1.